The van der Waals surface area contributed by atoms with Gasteiger partial charge in [-0.2, -0.15) is 0 Å². The van der Waals surface area contributed by atoms with E-state index in [1.807, 2.05) is 60.7 Å². The van der Waals surface area contributed by atoms with Gasteiger partial charge in [0.25, 0.3) is 0 Å². The fraction of sp³-hybridized carbons (Fsp3) is 0.0526. The molecular weight excluding hydrogens is 550 g/mol. The first-order valence-corrected chi connectivity index (χ1v) is 17.2. The van der Waals surface area contributed by atoms with Crippen molar-refractivity contribution in [3.63, 3.8) is 0 Å². The van der Waals surface area contributed by atoms with Crippen molar-refractivity contribution in [2.75, 3.05) is 12.3 Å². The lowest BCUT2D eigenvalue weighted by molar-refractivity contribution is 0.486. The Morgan fingerprint density at radius 3 is 1.02 bits per heavy atom. The largest absolute Gasteiger partial charge is 0.457 e. The lowest BCUT2D eigenvalue weighted by Crippen LogP contribution is -2.21. The Hall–Kier alpha value is -4.22. The number of para-hydroxylation sites is 4. The molecular formula is C38H32O2P2. The van der Waals surface area contributed by atoms with Crippen molar-refractivity contribution in [1.82, 2.24) is 0 Å². The van der Waals surface area contributed by atoms with Crippen LogP contribution in [0, 0.1) is 0 Å². The summed E-state index contributed by atoms with van der Waals surface area (Å²) in [6.45, 7) is 0. The first-order chi connectivity index (χ1) is 20.8. The van der Waals surface area contributed by atoms with Crippen LogP contribution in [-0.2, 0) is 0 Å². The zero-order valence-electron chi connectivity index (χ0n) is 23.3. The smallest absolute Gasteiger partial charge is 0.135 e. The zero-order chi connectivity index (χ0) is 28.4. The average Bonchev–Trinajstić information content (AvgIpc) is 3.06. The Bertz CT molecular complexity index is 1550. The van der Waals surface area contributed by atoms with Gasteiger partial charge in [0.1, 0.15) is 23.0 Å². The summed E-state index contributed by atoms with van der Waals surface area (Å²) in [4.78, 5) is 0. The minimum absolute atomic E-state index is 0.688. The molecule has 0 radical (unpaired) electrons. The summed E-state index contributed by atoms with van der Waals surface area (Å²) in [5, 5.41) is 5.24. The van der Waals surface area contributed by atoms with Gasteiger partial charge in [0.05, 0.1) is 0 Å². The molecule has 0 heterocycles. The average molecular weight is 583 g/mol. The van der Waals surface area contributed by atoms with Crippen LogP contribution < -0.4 is 30.7 Å². The number of hydrogen-bond acceptors (Lipinski definition) is 2. The first kappa shape index (κ1) is 27.9. The molecule has 0 aliphatic carbocycles. The Morgan fingerprint density at radius 2 is 0.643 bits per heavy atom. The molecule has 0 spiro atoms. The van der Waals surface area contributed by atoms with Gasteiger partial charge in [-0.05, 0) is 75.2 Å². The van der Waals surface area contributed by atoms with E-state index in [0.29, 0.717) is 0 Å². The van der Waals surface area contributed by atoms with Gasteiger partial charge in [-0.25, -0.2) is 0 Å². The second kappa shape index (κ2) is 14.1. The van der Waals surface area contributed by atoms with Crippen LogP contribution in [0.5, 0.6) is 23.0 Å². The van der Waals surface area contributed by atoms with E-state index in [9.17, 15) is 0 Å². The van der Waals surface area contributed by atoms with Crippen LogP contribution in [0.1, 0.15) is 0 Å². The quantitative estimate of drug-likeness (QED) is 0.142. The third kappa shape index (κ3) is 6.97. The molecule has 0 N–H and O–H groups in total. The minimum atomic E-state index is -0.688. The summed E-state index contributed by atoms with van der Waals surface area (Å²) in [5.41, 5.74) is 0. The molecule has 6 aromatic carbocycles. The maximum atomic E-state index is 6.48. The molecule has 2 atom stereocenters. The van der Waals surface area contributed by atoms with Crippen molar-refractivity contribution in [3.05, 3.63) is 170 Å². The molecule has 0 saturated carbocycles. The lowest BCUT2D eigenvalue weighted by Gasteiger charge is -2.26. The van der Waals surface area contributed by atoms with E-state index in [1.165, 1.54) is 21.2 Å². The van der Waals surface area contributed by atoms with Crippen LogP contribution in [0.25, 0.3) is 0 Å². The maximum absolute atomic E-state index is 6.48. The SMILES string of the molecule is c1ccc(Oc2ccccc2P(CCP(c2ccccc2)c2ccccc2Oc2ccccc2)c2ccccc2)cc1. The van der Waals surface area contributed by atoms with E-state index >= 15 is 0 Å². The molecule has 4 heteroatoms. The zero-order valence-corrected chi connectivity index (χ0v) is 25.1. The van der Waals surface area contributed by atoms with Crippen LogP contribution >= 0.6 is 15.8 Å². The van der Waals surface area contributed by atoms with E-state index < -0.39 is 15.8 Å². The fourth-order valence-electron chi connectivity index (χ4n) is 4.96. The molecule has 0 aromatic heterocycles. The lowest BCUT2D eigenvalue weighted by atomic mass is 10.3. The minimum Gasteiger partial charge on any atom is -0.457 e. The molecule has 206 valence electrons. The van der Waals surface area contributed by atoms with Crippen molar-refractivity contribution >= 4 is 37.1 Å². The third-order valence-corrected chi connectivity index (χ3v) is 12.4. The van der Waals surface area contributed by atoms with Crippen LogP contribution in [-0.4, -0.2) is 12.3 Å². The van der Waals surface area contributed by atoms with Crippen molar-refractivity contribution < 1.29 is 9.47 Å². The van der Waals surface area contributed by atoms with E-state index in [-0.39, 0.29) is 0 Å². The summed E-state index contributed by atoms with van der Waals surface area (Å²) >= 11 is 0. The summed E-state index contributed by atoms with van der Waals surface area (Å²) in [6.07, 6.45) is 2.05. The van der Waals surface area contributed by atoms with Gasteiger partial charge < -0.3 is 9.47 Å². The molecule has 0 aliphatic rings. The van der Waals surface area contributed by atoms with E-state index in [4.69, 9.17) is 9.47 Å². The molecule has 6 aromatic rings. The summed E-state index contributed by atoms with van der Waals surface area (Å²) in [6, 6.07) is 59.1. The van der Waals surface area contributed by atoms with Crippen LogP contribution in [0.15, 0.2) is 170 Å². The van der Waals surface area contributed by atoms with Crippen LogP contribution in [0.2, 0.25) is 0 Å². The van der Waals surface area contributed by atoms with Gasteiger partial charge in [-0.3, -0.25) is 0 Å². The Kier molecular flexibility index (Phi) is 9.38. The molecule has 42 heavy (non-hydrogen) atoms. The number of rotatable bonds is 11. The second-order valence-corrected chi connectivity index (χ2v) is 14.3. The Morgan fingerprint density at radius 1 is 0.333 bits per heavy atom. The van der Waals surface area contributed by atoms with Gasteiger partial charge in [0, 0.05) is 10.6 Å². The van der Waals surface area contributed by atoms with E-state index in [1.54, 1.807) is 0 Å². The third-order valence-electron chi connectivity index (χ3n) is 6.94. The topological polar surface area (TPSA) is 18.5 Å². The summed E-state index contributed by atoms with van der Waals surface area (Å²) < 4.78 is 13.0. The van der Waals surface area contributed by atoms with Crippen molar-refractivity contribution in [2.24, 2.45) is 0 Å². The van der Waals surface area contributed by atoms with E-state index in [0.717, 1.165) is 35.3 Å². The van der Waals surface area contributed by atoms with Gasteiger partial charge in [0.2, 0.25) is 0 Å². The van der Waals surface area contributed by atoms with Gasteiger partial charge in [-0.1, -0.05) is 133 Å². The van der Waals surface area contributed by atoms with Gasteiger partial charge in [-0.15, -0.1) is 0 Å². The maximum Gasteiger partial charge on any atom is 0.135 e. The Labute approximate surface area is 251 Å². The highest BCUT2D eigenvalue weighted by Crippen LogP contribution is 2.45. The summed E-state index contributed by atoms with van der Waals surface area (Å²) in [7, 11) is -1.38. The Balaban J connectivity index is 1.36. The highest BCUT2D eigenvalue weighted by atomic mass is 31.1. The second-order valence-electron chi connectivity index (χ2n) is 9.74. The predicted octanol–water partition coefficient (Wildman–Crippen LogP) is 8.84. The molecule has 2 nitrogen and oxygen atoms in total. The molecule has 0 saturated heterocycles. The molecule has 0 amide bonds. The highest BCUT2D eigenvalue weighted by Gasteiger charge is 2.24. The van der Waals surface area contributed by atoms with Crippen molar-refractivity contribution in [1.29, 1.82) is 0 Å². The monoisotopic (exact) mass is 582 g/mol. The predicted molar refractivity (Wildman–Crippen MR) is 181 cm³/mol. The number of ether oxygens (including phenoxy) is 2. The van der Waals surface area contributed by atoms with Crippen molar-refractivity contribution in [3.8, 4) is 23.0 Å². The van der Waals surface area contributed by atoms with Crippen LogP contribution in [0.4, 0.5) is 0 Å². The molecule has 6 rings (SSSR count). The standard InChI is InChI=1S/C38H32O2P2/c1-5-17-31(18-6-1)39-35-25-13-15-27-37(35)41(33-21-9-3-10-22-33)29-30-42(34-23-11-4-12-24-34)38-28-16-14-26-36(38)40-32-19-7-2-8-20-32/h1-28H,29-30H2. The van der Waals surface area contributed by atoms with Gasteiger partial charge in [0.15, 0.2) is 0 Å². The van der Waals surface area contributed by atoms with Crippen molar-refractivity contribution in [2.45, 2.75) is 0 Å². The number of benzene rings is 6. The fourth-order valence-corrected chi connectivity index (χ4v) is 10.5. The summed E-state index contributed by atoms with van der Waals surface area (Å²) in [5.74, 6) is 3.56. The molecule has 0 fully saturated rings. The molecule has 2 unspecified atom stereocenters. The van der Waals surface area contributed by atoms with E-state index in [2.05, 4.69) is 109 Å². The normalized spacial score (nSPS) is 12.3. The highest BCUT2D eigenvalue weighted by molar-refractivity contribution is 7.76. The molecule has 0 aliphatic heterocycles. The number of hydrogen-bond donors (Lipinski definition) is 0. The van der Waals surface area contributed by atoms with Crippen LogP contribution in [0.3, 0.4) is 0 Å². The first-order valence-electron chi connectivity index (χ1n) is 14.1. The van der Waals surface area contributed by atoms with Gasteiger partial charge >= 0.3 is 0 Å². The molecule has 0 bridgehead atoms.